The second kappa shape index (κ2) is 8.78. The summed E-state index contributed by atoms with van der Waals surface area (Å²) in [5, 5.41) is 23.0. The van der Waals surface area contributed by atoms with Crippen molar-refractivity contribution in [3.63, 3.8) is 0 Å². The van der Waals surface area contributed by atoms with E-state index in [2.05, 4.69) is 10.3 Å². The van der Waals surface area contributed by atoms with E-state index in [0.29, 0.717) is 25.6 Å². The van der Waals surface area contributed by atoms with Crippen LogP contribution in [0.3, 0.4) is 0 Å². The Balaban J connectivity index is 1.73. The molecule has 0 saturated heterocycles. The predicted molar refractivity (Wildman–Crippen MR) is 126 cm³/mol. The molecule has 33 heavy (non-hydrogen) atoms. The standard InChI is InChI=1S/C25H20N5O2S/c31-30(33(32,23-17-9-3-10-18-23)24-19-11-4-12-20-24)25-26-29(22-15-7-2-8-16-22)27-28(25)21-13-5-1-6-14-21/h1-20H/q+1. The molecule has 0 saturated carbocycles. The summed E-state index contributed by atoms with van der Waals surface area (Å²) in [6.07, 6.45) is 0. The Morgan fingerprint density at radius 1 is 0.697 bits per heavy atom. The molecule has 0 spiro atoms. The van der Waals surface area contributed by atoms with Gasteiger partial charge in [-0.1, -0.05) is 81.7 Å². The van der Waals surface area contributed by atoms with Crippen LogP contribution >= 0.6 is 0 Å². The minimum atomic E-state index is -3.44. The Morgan fingerprint density at radius 2 is 1.15 bits per heavy atom. The largest absolute Gasteiger partial charge is 0.657 e. The molecular formula is C25H20N5O2S+. The van der Waals surface area contributed by atoms with Crippen LogP contribution in [0.2, 0.25) is 0 Å². The molecule has 5 aromatic rings. The molecule has 0 N–H and O–H groups in total. The molecule has 0 unspecified atom stereocenters. The van der Waals surface area contributed by atoms with Crippen molar-refractivity contribution in [2.24, 2.45) is 0 Å². The van der Waals surface area contributed by atoms with E-state index < -0.39 is 10.1 Å². The van der Waals surface area contributed by atoms with Gasteiger partial charge in [0.2, 0.25) is 0 Å². The number of tetrazole rings is 1. The summed E-state index contributed by atoms with van der Waals surface area (Å²) < 4.78 is 16.4. The average molecular weight is 455 g/mol. The molecule has 0 aliphatic heterocycles. The van der Waals surface area contributed by atoms with Gasteiger partial charge in [0, 0.05) is 5.21 Å². The van der Waals surface area contributed by atoms with Crippen molar-refractivity contribution in [2.45, 2.75) is 9.79 Å². The molecule has 8 heteroatoms. The first-order chi connectivity index (χ1) is 16.2. The third-order valence-corrected chi connectivity index (χ3v) is 7.51. The summed E-state index contributed by atoms with van der Waals surface area (Å²) in [5.41, 5.74) is 1.30. The Morgan fingerprint density at radius 3 is 1.67 bits per heavy atom. The van der Waals surface area contributed by atoms with Crippen molar-refractivity contribution < 1.29 is 8.89 Å². The monoisotopic (exact) mass is 454 g/mol. The minimum absolute atomic E-state index is 0.0947. The minimum Gasteiger partial charge on any atom is -0.657 e. The van der Waals surface area contributed by atoms with Crippen molar-refractivity contribution in [3.05, 3.63) is 127 Å². The van der Waals surface area contributed by atoms with Gasteiger partial charge in [0.05, 0.1) is 5.10 Å². The van der Waals surface area contributed by atoms with Gasteiger partial charge in [-0.15, -0.1) is 4.47 Å². The third kappa shape index (κ3) is 3.82. The van der Waals surface area contributed by atoms with E-state index in [0.717, 1.165) is 0 Å². The summed E-state index contributed by atoms with van der Waals surface area (Å²) in [4.78, 5) is 2.14. The topological polar surface area (TPSA) is 78.0 Å². The van der Waals surface area contributed by atoms with E-state index in [1.807, 2.05) is 72.8 Å². The van der Waals surface area contributed by atoms with Crippen LogP contribution in [0.15, 0.2) is 131 Å². The van der Waals surface area contributed by atoms with E-state index in [-0.39, 0.29) is 5.95 Å². The summed E-state index contributed by atoms with van der Waals surface area (Å²) >= 11 is 0. The number of rotatable bonds is 6. The van der Waals surface area contributed by atoms with Gasteiger partial charge in [0.1, 0.15) is 11.4 Å². The van der Waals surface area contributed by atoms with E-state index in [4.69, 9.17) is 0 Å². The molecule has 4 aromatic carbocycles. The second-order valence-corrected chi connectivity index (χ2v) is 9.50. The third-order valence-electron chi connectivity index (χ3n) is 5.06. The van der Waals surface area contributed by atoms with Crippen LogP contribution in [-0.2, 0) is 14.3 Å². The lowest BCUT2D eigenvalue weighted by molar-refractivity contribution is -0.648. The Hall–Kier alpha value is -4.14. The molecule has 1 heterocycles. The molecular weight excluding hydrogens is 434 g/mol. The van der Waals surface area contributed by atoms with Crippen molar-refractivity contribution in [3.8, 4) is 11.4 Å². The number of nitrogens with zero attached hydrogens (tertiary/aromatic N) is 5. The SMILES string of the molecule is O=[S+](c1ccccc1)(c1ccccc1)N([O-])c1nn(-c2ccccc2)n[n+]1-c1ccccc1. The highest BCUT2D eigenvalue weighted by molar-refractivity contribution is 8.04. The number of hydrogen-bond acceptors (Lipinski definition) is 4. The quantitative estimate of drug-likeness (QED) is 0.217. The number of aromatic nitrogens is 4. The smallest absolute Gasteiger partial charge is 0.443 e. The molecule has 0 radical (unpaired) electrons. The van der Waals surface area contributed by atoms with Crippen molar-refractivity contribution in [1.29, 1.82) is 0 Å². The normalized spacial score (nSPS) is 11.3. The second-order valence-electron chi connectivity index (χ2n) is 7.17. The zero-order chi connectivity index (χ0) is 22.7. The molecule has 0 aliphatic rings. The fourth-order valence-corrected chi connectivity index (χ4v) is 5.50. The van der Waals surface area contributed by atoms with Gasteiger partial charge in [0.25, 0.3) is 10.1 Å². The van der Waals surface area contributed by atoms with Crippen molar-refractivity contribution >= 4 is 16.1 Å². The first-order valence-corrected chi connectivity index (χ1v) is 11.8. The van der Waals surface area contributed by atoms with Crippen molar-refractivity contribution in [1.82, 2.24) is 15.1 Å². The molecule has 0 bridgehead atoms. The molecule has 162 valence electrons. The number of para-hydroxylation sites is 2. The Bertz CT molecular complexity index is 1350. The van der Waals surface area contributed by atoms with Gasteiger partial charge in [0.15, 0.2) is 9.79 Å². The number of anilines is 1. The van der Waals surface area contributed by atoms with E-state index in [1.54, 1.807) is 48.5 Å². The van der Waals surface area contributed by atoms with E-state index in [9.17, 15) is 9.42 Å². The highest BCUT2D eigenvalue weighted by atomic mass is 32.3. The van der Waals surface area contributed by atoms with Gasteiger partial charge in [-0.3, -0.25) is 0 Å². The molecule has 0 aliphatic carbocycles. The number of benzene rings is 4. The van der Waals surface area contributed by atoms with Crippen LogP contribution < -0.4 is 9.15 Å². The van der Waals surface area contributed by atoms with Crippen LogP contribution in [0.1, 0.15) is 0 Å². The molecule has 1 aromatic heterocycles. The maximum Gasteiger partial charge on any atom is 0.443 e. The lowest BCUT2D eigenvalue weighted by atomic mass is 10.3. The van der Waals surface area contributed by atoms with E-state index >= 15 is 0 Å². The maximum absolute atomic E-state index is 14.5. The molecule has 0 amide bonds. The first-order valence-electron chi connectivity index (χ1n) is 10.3. The lowest BCUT2D eigenvalue weighted by Crippen LogP contribution is -2.43. The first kappa shape index (κ1) is 20.7. The summed E-state index contributed by atoms with van der Waals surface area (Å²) in [5.74, 6) is -0.0947. The Kier molecular flexibility index (Phi) is 5.52. The van der Waals surface area contributed by atoms with Crippen LogP contribution in [0.25, 0.3) is 11.4 Å². The zero-order valence-corrected chi connectivity index (χ0v) is 18.3. The molecule has 0 fully saturated rings. The summed E-state index contributed by atoms with van der Waals surface area (Å²) in [6.45, 7) is 0. The highest BCUT2D eigenvalue weighted by Crippen LogP contribution is 2.34. The average Bonchev–Trinajstić information content (AvgIpc) is 3.35. The fraction of sp³-hybridized carbons (Fsp3) is 0. The van der Waals surface area contributed by atoms with Gasteiger partial charge < -0.3 is 5.21 Å². The highest BCUT2D eigenvalue weighted by Gasteiger charge is 2.45. The van der Waals surface area contributed by atoms with Crippen molar-refractivity contribution in [2.75, 3.05) is 4.47 Å². The lowest BCUT2D eigenvalue weighted by Gasteiger charge is -2.23. The maximum atomic E-state index is 14.5. The van der Waals surface area contributed by atoms with Gasteiger partial charge in [-0.25, -0.2) is 0 Å². The zero-order valence-electron chi connectivity index (χ0n) is 17.5. The molecule has 7 nitrogen and oxygen atoms in total. The summed E-state index contributed by atoms with van der Waals surface area (Å²) in [7, 11) is -3.44. The van der Waals surface area contributed by atoms with Gasteiger partial charge in [-0.05, 0) is 53.3 Å². The van der Waals surface area contributed by atoms with Crippen LogP contribution in [-0.4, -0.2) is 15.1 Å². The molecule has 0 atom stereocenters. The van der Waals surface area contributed by atoms with Crippen LogP contribution in [0, 0.1) is 5.21 Å². The Labute approximate surface area is 192 Å². The van der Waals surface area contributed by atoms with Crippen LogP contribution in [0.4, 0.5) is 5.95 Å². The summed E-state index contributed by atoms with van der Waals surface area (Å²) in [6, 6.07) is 35.9. The fourth-order valence-electron chi connectivity index (χ4n) is 3.45. The van der Waals surface area contributed by atoms with Crippen LogP contribution in [0.5, 0.6) is 0 Å². The molecule has 5 rings (SSSR count). The van der Waals surface area contributed by atoms with Gasteiger partial charge >= 0.3 is 5.95 Å². The number of hydrogen-bond donors (Lipinski definition) is 0. The van der Waals surface area contributed by atoms with Gasteiger partial charge in [-0.2, -0.15) is 0 Å². The van der Waals surface area contributed by atoms with E-state index in [1.165, 1.54) is 9.48 Å². The predicted octanol–water partition coefficient (Wildman–Crippen LogP) is 4.38.